The van der Waals surface area contributed by atoms with Crippen LogP contribution in [0.2, 0.25) is 0 Å². The van der Waals surface area contributed by atoms with Gasteiger partial charge in [0.15, 0.2) is 18.2 Å². The average molecular weight is 312 g/mol. The summed E-state index contributed by atoms with van der Waals surface area (Å²) in [7, 11) is 0. The largest absolute Gasteiger partial charge is 0.502 e. The molecule has 116 valence electrons. The first-order chi connectivity index (χ1) is 11.7. The fourth-order valence-corrected chi connectivity index (χ4v) is 2.98. The Morgan fingerprint density at radius 2 is 1.58 bits per heavy atom. The summed E-state index contributed by atoms with van der Waals surface area (Å²) >= 11 is 0. The van der Waals surface area contributed by atoms with Crippen LogP contribution in [0, 0.1) is 6.92 Å². The van der Waals surface area contributed by atoms with E-state index in [-0.39, 0.29) is 5.76 Å². The number of aromatic nitrogens is 1. The van der Waals surface area contributed by atoms with E-state index in [0.29, 0.717) is 0 Å². The molecule has 0 atom stereocenters. The van der Waals surface area contributed by atoms with Crippen LogP contribution in [0.1, 0.15) is 11.1 Å². The normalized spacial score (nSPS) is 12.0. The summed E-state index contributed by atoms with van der Waals surface area (Å²) < 4.78 is 1.89. The molecule has 1 N–H and O–H groups in total. The molecule has 1 aromatic heterocycles. The van der Waals surface area contributed by atoms with Crippen molar-refractivity contribution in [2.75, 3.05) is 0 Å². The first-order valence-electron chi connectivity index (χ1n) is 8.00. The van der Waals surface area contributed by atoms with E-state index >= 15 is 0 Å². The molecule has 0 spiro atoms. The molecule has 0 saturated heterocycles. The number of benzene rings is 3. The second-order valence-electron chi connectivity index (χ2n) is 6.10. The summed E-state index contributed by atoms with van der Waals surface area (Å²) in [5.41, 5.74) is 2.07. The zero-order valence-corrected chi connectivity index (χ0v) is 13.5. The lowest BCUT2D eigenvalue weighted by atomic mass is 10.0. The van der Waals surface area contributed by atoms with Crippen molar-refractivity contribution in [1.82, 2.24) is 0 Å². The highest BCUT2D eigenvalue weighted by Crippen LogP contribution is 2.22. The molecule has 0 radical (unpaired) electrons. The van der Waals surface area contributed by atoms with Gasteiger partial charge in [0.1, 0.15) is 0 Å². The van der Waals surface area contributed by atoms with Crippen molar-refractivity contribution in [3.8, 4) is 0 Å². The number of rotatable bonds is 2. The van der Waals surface area contributed by atoms with Gasteiger partial charge in [-0.3, -0.25) is 0 Å². The van der Waals surface area contributed by atoms with Crippen LogP contribution in [0.15, 0.2) is 79.1 Å². The third kappa shape index (κ3) is 2.74. The molecule has 2 nitrogen and oxygen atoms in total. The quantitative estimate of drug-likeness (QED) is 0.311. The summed E-state index contributed by atoms with van der Waals surface area (Å²) in [5.74, 6) is 0.247. The van der Waals surface area contributed by atoms with Crippen molar-refractivity contribution in [1.29, 1.82) is 0 Å². The second-order valence-corrected chi connectivity index (χ2v) is 6.10. The fraction of sp³-hybridized carbons (Fsp3) is 0.0455. The van der Waals surface area contributed by atoms with E-state index in [1.54, 1.807) is 6.20 Å². The minimum Gasteiger partial charge on any atom is -0.502 e. The highest BCUT2D eigenvalue weighted by atomic mass is 16.3. The Labute approximate surface area is 140 Å². The number of nitrogens with zero attached hydrogens (tertiary/aromatic N) is 1. The zero-order chi connectivity index (χ0) is 16.5. The topological polar surface area (TPSA) is 24.1 Å². The van der Waals surface area contributed by atoms with E-state index < -0.39 is 0 Å². The lowest BCUT2D eigenvalue weighted by Crippen LogP contribution is -2.25. The minimum absolute atomic E-state index is 0.247. The summed E-state index contributed by atoms with van der Waals surface area (Å²) in [6, 6.07) is 22.5. The predicted molar refractivity (Wildman–Crippen MR) is 99.6 cm³/mol. The Bertz CT molecular complexity index is 1070. The number of aryl methyl sites for hydroxylation is 1. The third-order valence-electron chi connectivity index (χ3n) is 4.25. The summed E-state index contributed by atoms with van der Waals surface area (Å²) in [4.78, 5) is 0. The van der Waals surface area contributed by atoms with Gasteiger partial charge in [0.25, 0.3) is 0 Å². The fourth-order valence-electron chi connectivity index (χ4n) is 2.98. The molecule has 24 heavy (non-hydrogen) atoms. The molecule has 0 bridgehead atoms. The molecule has 1 heterocycles. The van der Waals surface area contributed by atoms with E-state index in [4.69, 9.17) is 0 Å². The van der Waals surface area contributed by atoms with E-state index in [2.05, 4.69) is 43.3 Å². The molecule has 0 aliphatic rings. The molecule has 0 unspecified atom stereocenters. The predicted octanol–water partition coefficient (Wildman–Crippen LogP) is 5.10. The van der Waals surface area contributed by atoms with Gasteiger partial charge in [-0.1, -0.05) is 54.1 Å². The van der Waals surface area contributed by atoms with Crippen LogP contribution in [0.25, 0.3) is 33.5 Å². The Balaban J connectivity index is 1.80. The molecule has 4 aromatic rings. The lowest BCUT2D eigenvalue weighted by molar-refractivity contribution is -0.566. The molecular weight excluding hydrogens is 294 g/mol. The summed E-state index contributed by atoms with van der Waals surface area (Å²) in [6.07, 6.45) is 5.73. The zero-order valence-electron chi connectivity index (χ0n) is 13.5. The average Bonchev–Trinajstić information content (AvgIpc) is 2.61. The molecule has 3 aromatic carbocycles. The van der Waals surface area contributed by atoms with E-state index in [1.165, 1.54) is 21.7 Å². The first kappa shape index (κ1) is 14.5. The molecule has 0 saturated carbocycles. The monoisotopic (exact) mass is 312 g/mol. The number of hydrogen-bond acceptors (Lipinski definition) is 1. The van der Waals surface area contributed by atoms with Gasteiger partial charge >= 0.3 is 0 Å². The second kappa shape index (κ2) is 5.82. The Morgan fingerprint density at radius 1 is 0.833 bits per heavy atom. The van der Waals surface area contributed by atoms with E-state index in [1.807, 2.05) is 47.3 Å². The Morgan fingerprint density at radius 3 is 2.42 bits per heavy atom. The summed E-state index contributed by atoms with van der Waals surface area (Å²) in [6.45, 7) is 2.11. The maximum Gasteiger partial charge on any atom is 0.216 e. The molecular formula is C22H18NO+. The van der Waals surface area contributed by atoms with Crippen molar-refractivity contribution in [3.63, 3.8) is 0 Å². The van der Waals surface area contributed by atoms with Gasteiger partial charge in [-0.25, -0.2) is 0 Å². The first-order valence-corrected chi connectivity index (χ1v) is 8.00. The van der Waals surface area contributed by atoms with Gasteiger partial charge in [-0.2, -0.15) is 4.57 Å². The number of hydrogen-bond donors (Lipinski definition) is 1. The molecule has 0 amide bonds. The minimum atomic E-state index is 0.247. The molecule has 0 fully saturated rings. The van der Waals surface area contributed by atoms with Crippen LogP contribution in [0.4, 0.5) is 0 Å². The Kier molecular flexibility index (Phi) is 3.51. The van der Waals surface area contributed by atoms with Crippen LogP contribution in [0.5, 0.6) is 0 Å². The smallest absolute Gasteiger partial charge is 0.216 e. The van der Waals surface area contributed by atoms with Crippen molar-refractivity contribution >= 4 is 33.5 Å². The van der Waals surface area contributed by atoms with Crippen molar-refractivity contribution < 1.29 is 9.67 Å². The Hall–Kier alpha value is -3.13. The maximum absolute atomic E-state index is 10.3. The maximum atomic E-state index is 10.3. The van der Waals surface area contributed by atoms with Crippen LogP contribution in [0.3, 0.4) is 0 Å². The highest BCUT2D eigenvalue weighted by Gasteiger charge is 2.06. The van der Waals surface area contributed by atoms with Crippen LogP contribution >= 0.6 is 0 Å². The molecule has 2 heteroatoms. The van der Waals surface area contributed by atoms with Gasteiger partial charge < -0.3 is 5.11 Å². The van der Waals surface area contributed by atoms with Gasteiger partial charge in [0.05, 0.1) is 0 Å². The SMILES string of the molecule is Cc1ccc2cc3c[n+](/C=C(\O)c4ccccc4)ccc3cc2c1. The van der Waals surface area contributed by atoms with Crippen LogP contribution in [-0.4, -0.2) is 5.11 Å². The summed E-state index contributed by atoms with van der Waals surface area (Å²) in [5, 5.41) is 15.1. The van der Waals surface area contributed by atoms with Crippen molar-refractivity contribution in [2.24, 2.45) is 0 Å². The number of pyridine rings is 1. The molecule has 4 rings (SSSR count). The standard InChI is InChI=1S/C22H17NO/c1-16-7-8-18-13-21-14-23(10-9-19(21)12-20(18)11-16)15-22(24)17-5-3-2-4-6-17/h2-15H,1H3/p+1/b22-15-. The number of fused-ring (bicyclic) bond motifs is 2. The van der Waals surface area contributed by atoms with E-state index in [0.717, 1.165) is 10.9 Å². The van der Waals surface area contributed by atoms with Gasteiger partial charge in [-0.15, -0.1) is 0 Å². The molecule has 0 aliphatic carbocycles. The van der Waals surface area contributed by atoms with Crippen molar-refractivity contribution in [2.45, 2.75) is 6.92 Å². The van der Waals surface area contributed by atoms with Gasteiger partial charge in [-0.05, 0) is 35.2 Å². The number of aliphatic hydroxyl groups excluding tert-OH is 1. The molecule has 0 aliphatic heterocycles. The van der Waals surface area contributed by atoms with Crippen molar-refractivity contribution in [3.05, 3.63) is 90.3 Å². The van der Waals surface area contributed by atoms with E-state index in [9.17, 15) is 5.11 Å². The van der Waals surface area contributed by atoms with Crippen LogP contribution in [-0.2, 0) is 0 Å². The van der Waals surface area contributed by atoms with Gasteiger partial charge in [0.2, 0.25) is 6.20 Å². The number of aliphatic hydroxyl groups is 1. The lowest BCUT2D eigenvalue weighted by Gasteiger charge is -2.03. The van der Waals surface area contributed by atoms with Gasteiger partial charge in [0, 0.05) is 17.0 Å². The van der Waals surface area contributed by atoms with Crippen LogP contribution < -0.4 is 4.57 Å². The highest BCUT2D eigenvalue weighted by molar-refractivity contribution is 5.97. The third-order valence-corrected chi connectivity index (χ3v) is 4.25.